The van der Waals surface area contributed by atoms with Gasteiger partial charge in [-0.15, -0.1) is 0 Å². The van der Waals surface area contributed by atoms with Gasteiger partial charge in [0.1, 0.15) is 18.3 Å². The van der Waals surface area contributed by atoms with Crippen molar-refractivity contribution in [2.24, 2.45) is 5.92 Å². The third kappa shape index (κ3) is 2.15. The van der Waals surface area contributed by atoms with Gasteiger partial charge in [-0.3, -0.25) is 0 Å². The molecule has 1 aliphatic rings. The molecule has 5 N–H and O–H groups in total. The summed E-state index contributed by atoms with van der Waals surface area (Å²) in [4.78, 5) is 0. The minimum atomic E-state index is -2.63. The Kier molecular flexibility index (Phi) is 3.70. The molecule has 1 aliphatic heterocycles. The molecule has 0 aromatic heterocycles. The van der Waals surface area contributed by atoms with Crippen LogP contribution in [0.1, 0.15) is 13.8 Å². The molecule has 0 spiro atoms. The van der Waals surface area contributed by atoms with E-state index in [1.807, 2.05) is 0 Å². The minimum absolute atomic E-state index is 0.111. The molecule has 4 atom stereocenters. The van der Waals surface area contributed by atoms with E-state index in [-0.39, 0.29) is 5.92 Å². The summed E-state index contributed by atoms with van der Waals surface area (Å²) in [5.74, 6) is -2.74. The molecule has 1 heterocycles. The van der Waals surface area contributed by atoms with Crippen LogP contribution in [0.3, 0.4) is 0 Å². The predicted octanol–water partition coefficient (Wildman–Crippen LogP) is -2.20. The average Bonchev–Trinajstić information content (AvgIpc) is 2.14. The van der Waals surface area contributed by atoms with Crippen LogP contribution in [0.4, 0.5) is 0 Å². The van der Waals surface area contributed by atoms with E-state index in [1.54, 1.807) is 13.8 Å². The zero-order valence-electron chi connectivity index (χ0n) is 8.74. The largest absolute Gasteiger partial charge is 0.393 e. The highest BCUT2D eigenvalue weighted by atomic mass is 16.6. The first kappa shape index (κ1) is 12.8. The summed E-state index contributed by atoms with van der Waals surface area (Å²) in [5.41, 5.74) is 0. The Balaban J connectivity index is 2.88. The van der Waals surface area contributed by atoms with Gasteiger partial charge in [0.25, 0.3) is 0 Å². The van der Waals surface area contributed by atoms with E-state index in [4.69, 9.17) is 9.84 Å². The summed E-state index contributed by atoms with van der Waals surface area (Å²) in [6, 6.07) is 0. The molecule has 0 aromatic carbocycles. The molecule has 1 rings (SSSR count). The molecule has 0 saturated carbocycles. The maximum Gasteiger partial charge on any atom is 0.221 e. The summed E-state index contributed by atoms with van der Waals surface area (Å²) in [7, 11) is 0. The van der Waals surface area contributed by atoms with E-state index in [0.717, 1.165) is 0 Å². The van der Waals surface area contributed by atoms with Crippen LogP contribution in [-0.2, 0) is 4.74 Å². The predicted molar refractivity (Wildman–Crippen MR) is 49.8 cm³/mol. The van der Waals surface area contributed by atoms with Gasteiger partial charge in [-0.1, -0.05) is 13.8 Å². The topological polar surface area (TPSA) is 110 Å². The fourth-order valence-electron chi connectivity index (χ4n) is 1.72. The van der Waals surface area contributed by atoms with Crippen LogP contribution in [0.15, 0.2) is 0 Å². The van der Waals surface area contributed by atoms with Crippen LogP contribution in [0, 0.1) is 5.92 Å². The second-order valence-corrected chi connectivity index (χ2v) is 4.23. The normalized spacial score (nSPS) is 40.8. The maximum atomic E-state index is 9.58. The van der Waals surface area contributed by atoms with Gasteiger partial charge in [-0.25, -0.2) is 0 Å². The lowest BCUT2D eigenvalue weighted by atomic mass is 9.87. The molecule has 1 fully saturated rings. The first-order valence-electron chi connectivity index (χ1n) is 4.89. The van der Waals surface area contributed by atoms with Gasteiger partial charge in [0.05, 0.1) is 12.7 Å². The van der Waals surface area contributed by atoms with Gasteiger partial charge in [0.2, 0.25) is 5.79 Å². The SMILES string of the molecule is CC(C)[C@@H]1OC(CO)C(O)(O)[C@H](O)C1O. The molecule has 90 valence electrons. The Bertz CT molecular complexity index is 211. The molecular formula is C9H18O6. The molecule has 2 unspecified atom stereocenters. The second kappa shape index (κ2) is 4.32. The Morgan fingerprint density at radius 2 is 1.80 bits per heavy atom. The highest BCUT2D eigenvalue weighted by molar-refractivity contribution is 4.97. The van der Waals surface area contributed by atoms with E-state index in [9.17, 15) is 20.4 Å². The number of aliphatic hydroxyl groups excluding tert-OH is 3. The van der Waals surface area contributed by atoms with Crippen molar-refractivity contribution in [2.75, 3.05) is 6.61 Å². The molecular weight excluding hydrogens is 204 g/mol. The van der Waals surface area contributed by atoms with Crippen molar-refractivity contribution in [1.29, 1.82) is 0 Å². The quantitative estimate of drug-likeness (QED) is 0.339. The van der Waals surface area contributed by atoms with Crippen LogP contribution in [-0.4, -0.2) is 62.3 Å². The van der Waals surface area contributed by atoms with Gasteiger partial charge in [-0.2, -0.15) is 0 Å². The fourth-order valence-corrected chi connectivity index (χ4v) is 1.72. The van der Waals surface area contributed by atoms with Crippen LogP contribution in [0.5, 0.6) is 0 Å². The molecule has 0 amide bonds. The van der Waals surface area contributed by atoms with Crippen molar-refractivity contribution in [3.8, 4) is 0 Å². The van der Waals surface area contributed by atoms with Gasteiger partial charge in [-0.05, 0) is 5.92 Å². The highest BCUT2D eigenvalue weighted by Crippen LogP contribution is 2.30. The highest BCUT2D eigenvalue weighted by Gasteiger charge is 2.54. The summed E-state index contributed by atoms with van der Waals surface area (Å²) in [5, 5.41) is 46.8. The van der Waals surface area contributed by atoms with Crippen molar-refractivity contribution in [2.45, 2.75) is 44.1 Å². The van der Waals surface area contributed by atoms with Crippen molar-refractivity contribution in [3.63, 3.8) is 0 Å². The van der Waals surface area contributed by atoms with Gasteiger partial charge >= 0.3 is 0 Å². The van der Waals surface area contributed by atoms with Crippen molar-refractivity contribution < 1.29 is 30.3 Å². The van der Waals surface area contributed by atoms with E-state index < -0.39 is 36.8 Å². The first-order chi connectivity index (χ1) is 6.82. The smallest absolute Gasteiger partial charge is 0.221 e. The lowest BCUT2D eigenvalue weighted by Gasteiger charge is -2.46. The Morgan fingerprint density at radius 3 is 2.20 bits per heavy atom. The molecule has 1 saturated heterocycles. The summed E-state index contributed by atoms with van der Waals surface area (Å²) < 4.78 is 5.13. The molecule has 15 heavy (non-hydrogen) atoms. The monoisotopic (exact) mass is 222 g/mol. The Labute approximate surface area is 87.7 Å². The standard InChI is InChI=1S/C9H18O6/c1-4(2)7-6(11)8(12)9(13,14)5(3-10)15-7/h4-8,10-14H,3H2,1-2H3/t5?,6?,7-,8+/m0/s1. The van der Waals surface area contributed by atoms with Crippen molar-refractivity contribution in [3.05, 3.63) is 0 Å². The van der Waals surface area contributed by atoms with E-state index in [2.05, 4.69) is 0 Å². The zero-order valence-corrected chi connectivity index (χ0v) is 8.74. The average molecular weight is 222 g/mol. The van der Waals surface area contributed by atoms with Gasteiger partial charge in [0.15, 0.2) is 0 Å². The summed E-state index contributed by atoms with van der Waals surface area (Å²) in [6.07, 6.45) is -5.19. The third-order valence-corrected chi connectivity index (χ3v) is 2.71. The fraction of sp³-hybridized carbons (Fsp3) is 1.00. The van der Waals surface area contributed by atoms with Crippen LogP contribution in [0.25, 0.3) is 0 Å². The van der Waals surface area contributed by atoms with E-state index in [0.29, 0.717) is 0 Å². The van der Waals surface area contributed by atoms with Gasteiger partial charge in [0, 0.05) is 0 Å². The molecule has 0 aromatic rings. The molecule has 6 nitrogen and oxygen atoms in total. The lowest BCUT2D eigenvalue weighted by molar-refractivity contribution is -0.356. The van der Waals surface area contributed by atoms with Crippen LogP contribution >= 0.6 is 0 Å². The number of hydrogen-bond acceptors (Lipinski definition) is 6. The Hall–Kier alpha value is -0.240. The zero-order chi connectivity index (χ0) is 11.8. The third-order valence-electron chi connectivity index (χ3n) is 2.71. The number of ether oxygens (including phenoxy) is 1. The first-order valence-corrected chi connectivity index (χ1v) is 4.89. The van der Waals surface area contributed by atoms with E-state index in [1.165, 1.54) is 0 Å². The molecule has 0 bridgehead atoms. The molecule has 0 radical (unpaired) electrons. The summed E-state index contributed by atoms with van der Waals surface area (Å²) >= 11 is 0. The number of rotatable bonds is 2. The Morgan fingerprint density at radius 1 is 1.27 bits per heavy atom. The van der Waals surface area contributed by atoms with Crippen LogP contribution < -0.4 is 0 Å². The molecule has 0 aliphatic carbocycles. The number of hydrogen-bond donors (Lipinski definition) is 5. The minimum Gasteiger partial charge on any atom is -0.393 e. The maximum absolute atomic E-state index is 9.58. The molecule has 6 heteroatoms. The second-order valence-electron chi connectivity index (χ2n) is 4.23. The lowest BCUT2D eigenvalue weighted by Crippen LogP contribution is -2.67. The van der Waals surface area contributed by atoms with Gasteiger partial charge < -0.3 is 30.3 Å². The summed E-state index contributed by atoms with van der Waals surface area (Å²) in [6.45, 7) is 2.88. The van der Waals surface area contributed by atoms with E-state index >= 15 is 0 Å². The number of aliphatic hydroxyl groups is 5. The van der Waals surface area contributed by atoms with Crippen molar-refractivity contribution in [1.82, 2.24) is 0 Å². The van der Waals surface area contributed by atoms with Crippen LogP contribution in [0.2, 0.25) is 0 Å². The van der Waals surface area contributed by atoms with Crippen molar-refractivity contribution >= 4 is 0 Å².